The molecule has 0 aliphatic heterocycles. The van der Waals surface area contributed by atoms with Crippen LogP contribution in [-0.2, 0) is 10.0 Å². The van der Waals surface area contributed by atoms with Gasteiger partial charge in [0.25, 0.3) is 0 Å². The number of benzene rings is 1. The summed E-state index contributed by atoms with van der Waals surface area (Å²) in [6, 6.07) is 10.3. The smallest absolute Gasteiger partial charge is 0.207 e. The molecule has 4 nitrogen and oxygen atoms in total. The van der Waals surface area contributed by atoms with Gasteiger partial charge in [-0.3, -0.25) is 0 Å². The highest BCUT2D eigenvalue weighted by atomic mass is 32.2. The van der Waals surface area contributed by atoms with Gasteiger partial charge in [-0.15, -0.1) is 0 Å². The number of sulfonamides is 1. The van der Waals surface area contributed by atoms with Crippen molar-refractivity contribution in [2.75, 3.05) is 13.1 Å². The molecule has 1 rings (SSSR count). The van der Waals surface area contributed by atoms with Crippen LogP contribution in [-0.4, -0.2) is 25.8 Å². The lowest BCUT2D eigenvalue weighted by molar-refractivity contribution is 0.285. The molecule has 1 aromatic carbocycles. The Kier molecular flexibility index (Phi) is 5.10. The van der Waals surface area contributed by atoms with E-state index in [0.29, 0.717) is 6.54 Å². The van der Waals surface area contributed by atoms with E-state index in [-0.39, 0.29) is 23.3 Å². The molecule has 0 radical (unpaired) electrons. The first-order chi connectivity index (χ1) is 8.77. The zero-order chi connectivity index (χ0) is 14.5. The molecule has 1 aromatic rings. The van der Waals surface area contributed by atoms with Gasteiger partial charge in [0.05, 0.1) is 11.0 Å². The summed E-state index contributed by atoms with van der Waals surface area (Å²) in [4.78, 5) is 0.275. The van der Waals surface area contributed by atoms with Crippen molar-refractivity contribution in [3.63, 3.8) is 0 Å². The van der Waals surface area contributed by atoms with Crippen LogP contribution < -0.4 is 0 Å². The average molecular weight is 280 g/mol. The average Bonchev–Trinajstić information content (AvgIpc) is 2.34. The molecule has 0 aromatic heterocycles. The van der Waals surface area contributed by atoms with Gasteiger partial charge in [-0.05, 0) is 17.5 Å². The lowest BCUT2D eigenvalue weighted by atomic mass is 9.97. The van der Waals surface area contributed by atoms with Crippen LogP contribution in [0.2, 0.25) is 0 Å². The number of nitrogens with zero attached hydrogens (tertiary/aromatic N) is 2. The number of hydrogen-bond donors (Lipinski definition) is 0. The Morgan fingerprint density at radius 3 is 2.26 bits per heavy atom. The summed E-state index contributed by atoms with van der Waals surface area (Å²) in [5, 5.41) is 8.68. The standard InChI is InChI=1S/C14H20N2O2S/c1-14(2,3)12-16(11-7-10-15)19(17,18)13-8-5-4-6-9-13/h4-6,8-9H,7,11-12H2,1-3H3. The second-order valence-electron chi connectivity index (χ2n) is 5.62. The Morgan fingerprint density at radius 1 is 1.21 bits per heavy atom. The van der Waals surface area contributed by atoms with Gasteiger partial charge < -0.3 is 0 Å². The van der Waals surface area contributed by atoms with Crippen LogP contribution in [0.15, 0.2) is 35.2 Å². The van der Waals surface area contributed by atoms with E-state index in [1.165, 1.54) is 4.31 Å². The molecule has 0 fully saturated rings. The molecule has 0 atom stereocenters. The van der Waals surface area contributed by atoms with Gasteiger partial charge in [-0.2, -0.15) is 9.57 Å². The zero-order valence-electron chi connectivity index (χ0n) is 11.6. The molecular formula is C14H20N2O2S. The summed E-state index contributed by atoms with van der Waals surface area (Å²) in [5.74, 6) is 0. The van der Waals surface area contributed by atoms with Gasteiger partial charge in [0, 0.05) is 19.5 Å². The predicted molar refractivity (Wildman–Crippen MR) is 74.9 cm³/mol. The van der Waals surface area contributed by atoms with Gasteiger partial charge >= 0.3 is 0 Å². The number of rotatable bonds is 5. The van der Waals surface area contributed by atoms with Crippen LogP contribution in [0.3, 0.4) is 0 Å². The summed E-state index contributed by atoms with van der Waals surface area (Å²) >= 11 is 0. The maximum atomic E-state index is 12.5. The van der Waals surface area contributed by atoms with E-state index in [4.69, 9.17) is 5.26 Å². The fourth-order valence-corrected chi connectivity index (χ4v) is 3.42. The van der Waals surface area contributed by atoms with Crippen molar-refractivity contribution in [1.82, 2.24) is 4.31 Å². The summed E-state index contributed by atoms with van der Waals surface area (Å²) in [6.45, 7) is 6.56. The van der Waals surface area contributed by atoms with Crippen LogP contribution >= 0.6 is 0 Å². The van der Waals surface area contributed by atoms with Gasteiger partial charge in [-0.1, -0.05) is 39.0 Å². The molecule has 0 saturated carbocycles. The molecule has 0 aliphatic rings. The van der Waals surface area contributed by atoms with Crippen LogP contribution in [0, 0.1) is 16.7 Å². The largest absolute Gasteiger partial charge is 0.243 e. The quantitative estimate of drug-likeness (QED) is 0.833. The molecule has 104 valence electrons. The topological polar surface area (TPSA) is 61.2 Å². The maximum absolute atomic E-state index is 12.5. The Morgan fingerprint density at radius 2 is 1.79 bits per heavy atom. The molecule has 19 heavy (non-hydrogen) atoms. The van der Waals surface area contributed by atoms with E-state index in [1.54, 1.807) is 30.3 Å². The van der Waals surface area contributed by atoms with Crippen molar-refractivity contribution in [3.8, 4) is 6.07 Å². The van der Waals surface area contributed by atoms with E-state index < -0.39 is 10.0 Å². The maximum Gasteiger partial charge on any atom is 0.243 e. The third-order valence-corrected chi connectivity index (χ3v) is 4.36. The first-order valence-electron chi connectivity index (χ1n) is 6.19. The van der Waals surface area contributed by atoms with Crippen LogP contribution in [0.25, 0.3) is 0 Å². The molecule has 5 heteroatoms. The number of nitriles is 1. The van der Waals surface area contributed by atoms with Crippen molar-refractivity contribution in [2.24, 2.45) is 5.41 Å². The van der Waals surface area contributed by atoms with Crippen molar-refractivity contribution in [1.29, 1.82) is 5.26 Å². The molecule has 0 saturated heterocycles. The van der Waals surface area contributed by atoms with Crippen LogP contribution in [0.1, 0.15) is 27.2 Å². The summed E-state index contributed by atoms with van der Waals surface area (Å²) in [5.41, 5.74) is -0.155. The van der Waals surface area contributed by atoms with Gasteiger partial charge in [0.1, 0.15) is 0 Å². The van der Waals surface area contributed by atoms with Crippen LogP contribution in [0.5, 0.6) is 0 Å². The summed E-state index contributed by atoms with van der Waals surface area (Å²) in [7, 11) is -3.52. The van der Waals surface area contributed by atoms with E-state index in [1.807, 2.05) is 26.8 Å². The zero-order valence-corrected chi connectivity index (χ0v) is 12.4. The highest BCUT2D eigenvalue weighted by Gasteiger charge is 2.27. The summed E-state index contributed by atoms with van der Waals surface area (Å²) in [6.07, 6.45) is 0.197. The fourth-order valence-electron chi connectivity index (χ4n) is 1.73. The minimum atomic E-state index is -3.52. The molecule has 0 N–H and O–H groups in total. The highest BCUT2D eigenvalue weighted by molar-refractivity contribution is 7.89. The molecule has 0 aliphatic carbocycles. The first-order valence-corrected chi connectivity index (χ1v) is 7.63. The monoisotopic (exact) mass is 280 g/mol. The second kappa shape index (κ2) is 6.18. The summed E-state index contributed by atoms with van der Waals surface area (Å²) < 4.78 is 26.5. The van der Waals surface area contributed by atoms with Crippen LogP contribution in [0.4, 0.5) is 0 Å². The van der Waals surface area contributed by atoms with Gasteiger partial charge in [-0.25, -0.2) is 8.42 Å². The van der Waals surface area contributed by atoms with E-state index in [0.717, 1.165) is 0 Å². The molecule has 0 unspecified atom stereocenters. The van der Waals surface area contributed by atoms with Gasteiger partial charge in [0.15, 0.2) is 0 Å². The fraction of sp³-hybridized carbons (Fsp3) is 0.500. The second-order valence-corrected chi connectivity index (χ2v) is 7.56. The highest BCUT2D eigenvalue weighted by Crippen LogP contribution is 2.22. The molecule has 0 amide bonds. The molecule has 0 heterocycles. The predicted octanol–water partition coefficient (Wildman–Crippen LogP) is 2.64. The molecular weight excluding hydrogens is 260 g/mol. The van der Waals surface area contributed by atoms with E-state index in [2.05, 4.69) is 0 Å². The SMILES string of the molecule is CC(C)(C)CN(CCC#N)S(=O)(=O)c1ccccc1. The van der Waals surface area contributed by atoms with Crippen molar-refractivity contribution in [3.05, 3.63) is 30.3 Å². The first kappa shape index (κ1) is 15.7. The van der Waals surface area contributed by atoms with E-state index >= 15 is 0 Å². The van der Waals surface area contributed by atoms with E-state index in [9.17, 15) is 8.42 Å². The molecule has 0 bridgehead atoms. The van der Waals surface area contributed by atoms with Crippen molar-refractivity contribution >= 4 is 10.0 Å². The minimum absolute atomic E-state index is 0.155. The lowest BCUT2D eigenvalue weighted by Gasteiger charge is -2.28. The third kappa shape index (κ3) is 4.66. The van der Waals surface area contributed by atoms with Gasteiger partial charge in [0.2, 0.25) is 10.0 Å². The molecule has 0 spiro atoms. The Labute approximate surface area is 115 Å². The lowest BCUT2D eigenvalue weighted by Crippen LogP contribution is -2.38. The van der Waals surface area contributed by atoms with Crippen molar-refractivity contribution in [2.45, 2.75) is 32.1 Å². The number of hydrogen-bond acceptors (Lipinski definition) is 3. The third-order valence-electron chi connectivity index (χ3n) is 2.50. The minimum Gasteiger partial charge on any atom is -0.207 e. The Bertz CT molecular complexity index is 539. The Hall–Kier alpha value is -1.38. The Balaban J connectivity index is 3.06. The normalized spacial score (nSPS) is 12.4. The van der Waals surface area contributed by atoms with Crippen molar-refractivity contribution < 1.29 is 8.42 Å².